The largest absolute Gasteiger partial charge is 0.505 e. The number of aromatic hydroxyl groups is 1. The molecule has 6 rings (SSSR count). The summed E-state index contributed by atoms with van der Waals surface area (Å²) >= 11 is 1.28. The molecule has 1 atom stereocenters. The van der Waals surface area contributed by atoms with Crippen molar-refractivity contribution in [1.29, 1.82) is 0 Å². The van der Waals surface area contributed by atoms with Gasteiger partial charge in [-0.25, -0.2) is 9.97 Å². The summed E-state index contributed by atoms with van der Waals surface area (Å²) in [5.74, 6) is -1.94. The summed E-state index contributed by atoms with van der Waals surface area (Å²) in [4.78, 5) is 37.6. The van der Waals surface area contributed by atoms with Gasteiger partial charge in [0.05, 0.1) is 34.6 Å². The molecular weight excluding hydrogens is 504 g/mol. The maximum absolute atomic E-state index is 13.6. The van der Waals surface area contributed by atoms with Gasteiger partial charge in [-0.2, -0.15) is 0 Å². The molecule has 1 amide bonds. The molecular formula is C28H22N4O5S. The number of phenols is 1. The number of aryl methyl sites for hydroxylation is 2. The minimum atomic E-state index is -1.03. The van der Waals surface area contributed by atoms with E-state index >= 15 is 0 Å². The Morgan fingerprint density at radius 2 is 1.87 bits per heavy atom. The Morgan fingerprint density at radius 3 is 2.66 bits per heavy atom. The second kappa shape index (κ2) is 8.70. The Kier molecular flexibility index (Phi) is 5.42. The number of aliphatic hydroxyl groups is 1. The van der Waals surface area contributed by atoms with Crippen molar-refractivity contribution in [3.63, 3.8) is 0 Å². The molecule has 3 aromatic heterocycles. The molecule has 0 aliphatic carbocycles. The number of aliphatic hydroxyl groups excluding tert-OH is 1. The standard InChI is InChI=1S/C28H22N4O5S/c1-14-7-9-17-20(12-14)38-28(30-17)32-24(16-8-10-18(33)19(13-16)37-3)22(26(35)27(32)36)25(34)23-15(2)29-21-6-4-5-11-31(21)23/h4-13,24,33-34H,1-3H3. The van der Waals surface area contributed by atoms with Gasteiger partial charge in [-0.3, -0.25) is 18.9 Å². The fourth-order valence-electron chi connectivity index (χ4n) is 4.86. The zero-order valence-electron chi connectivity index (χ0n) is 20.7. The number of ketones is 1. The van der Waals surface area contributed by atoms with E-state index in [0.29, 0.717) is 33.2 Å². The lowest BCUT2D eigenvalue weighted by Crippen LogP contribution is -2.29. The van der Waals surface area contributed by atoms with Crippen LogP contribution < -0.4 is 9.64 Å². The number of imidazole rings is 1. The van der Waals surface area contributed by atoms with Crippen LogP contribution in [0.25, 0.3) is 21.6 Å². The molecule has 2 aromatic carbocycles. The molecule has 38 heavy (non-hydrogen) atoms. The van der Waals surface area contributed by atoms with Gasteiger partial charge in [0, 0.05) is 6.20 Å². The number of carbonyl (C=O) groups is 2. The molecule has 9 nitrogen and oxygen atoms in total. The molecule has 0 radical (unpaired) electrons. The van der Waals surface area contributed by atoms with Crippen molar-refractivity contribution in [2.75, 3.05) is 12.0 Å². The second-order valence-electron chi connectivity index (χ2n) is 9.04. The van der Waals surface area contributed by atoms with Gasteiger partial charge < -0.3 is 14.9 Å². The number of phenolic OH excluding ortho intramolecular Hbond substituents is 1. The number of pyridine rings is 1. The number of benzene rings is 2. The lowest BCUT2D eigenvalue weighted by atomic mass is 9.96. The summed E-state index contributed by atoms with van der Waals surface area (Å²) < 4.78 is 7.84. The summed E-state index contributed by atoms with van der Waals surface area (Å²) in [6.07, 6.45) is 1.73. The first-order chi connectivity index (χ1) is 18.3. The monoisotopic (exact) mass is 526 g/mol. The van der Waals surface area contributed by atoms with Crippen LogP contribution >= 0.6 is 11.3 Å². The predicted octanol–water partition coefficient (Wildman–Crippen LogP) is 4.90. The number of fused-ring (bicyclic) bond motifs is 2. The van der Waals surface area contributed by atoms with Gasteiger partial charge in [0.15, 0.2) is 22.4 Å². The number of carbonyl (C=O) groups excluding carboxylic acids is 2. The molecule has 1 unspecified atom stereocenters. The van der Waals surface area contributed by atoms with Crippen LogP contribution in [-0.2, 0) is 9.59 Å². The van der Waals surface area contributed by atoms with Crippen LogP contribution in [0.15, 0.2) is 66.4 Å². The van der Waals surface area contributed by atoms with E-state index in [2.05, 4.69) is 9.97 Å². The summed E-state index contributed by atoms with van der Waals surface area (Å²) in [6, 6.07) is 14.7. The molecule has 0 spiro atoms. The first-order valence-corrected chi connectivity index (χ1v) is 12.6. The maximum Gasteiger partial charge on any atom is 0.301 e. The fourth-order valence-corrected chi connectivity index (χ4v) is 5.95. The van der Waals surface area contributed by atoms with Crippen molar-refractivity contribution in [3.05, 3.63) is 88.9 Å². The van der Waals surface area contributed by atoms with Gasteiger partial charge in [0.1, 0.15) is 11.3 Å². The topological polar surface area (TPSA) is 117 Å². The van der Waals surface area contributed by atoms with Crippen LogP contribution in [-0.4, -0.2) is 43.4 Å². The number of hydrogen-bond donors (Lipinski definition) is 2. The number of nitrogens with zero attached hydrogens (tertiary/aromatic N) is 4. The molecule has 5 aromatic rings. The van der Waals surface area contributed by atoms with E-state index in [1.165, 1.54) is 29.4 Å². The van der Waals surface area contributed by atoms with E-state index in [9.17, 15) is 19.8 Å². The van der Waals surface area contributed by atoms with Crippen LogP contribution in [0.2, 0.25) is 0 Å². The van der Waals surface area contributed by atoms with E-state index in [1.54, 1.807) is 41.8 Å². The zero-order chi connectivity index (χ0) is 26.7. The number of rotatable bonds is 4. The summed E-state index contributed by atoms with van der Waals surface area (Å²) in [7, 11) is 1.41. The van der Waals surface area contributed by atoms with Crippen molar-refractivity contribution in [1.82, 2.24) is 14.4 Å². The van der Waals surface area contributed by atoms with Crippen LogP contribution in [0.4, 0.5) is 5.13 Å². The Morgan fingerprint density at radius 1 is 1.05 bits per heavy atom. The Labute approximate surface area is 220 Å². The molecule has 10 heteroatoms. The number of hydrogen-bond acceptors (Lipinski definition) is 8. The molecule has 0 saturated carbocycles. The number of amides is 1. The first kappa shape index (κ1) is 23.7. The molecule has 1 aliphatic rings. The van der Waals surface area contributed by atoms with Gasteiger partial charge in [0.2, 0.25) is 0 Å². The number of ether oxygens (including phenoxy) is 1. The van der Waals surface area contributed by atoms with Crippen molar-refractivity contribution in [2.24, 2.45) is 0 Å². The third kappa shape index (κ3) is 3.52. The van der Waals surface area contributed by atoms with E-state index in [4.69, 9.17) is 4.74 Å². The number of anilines is 1. The quantitative estimate of drug-likeness (QED) is 0.194. The highest BCUT2D eigenvalue weighted by molar-refractivity contribution is 7.22. The van der Waals surface area contributed by atoms with Crippen LogP contribution in [0.5, 0.6) is 11.5 Å². The summed E-state index contributed by atoms with van der Waals surface area (Å²) in [6.45, 7) is 3.69. The molecule has 2 N–H and O–H groups in total. The van der Waals surface area contributed by atoms with Crippen molar-refractivity contribution in [3.8, 4) is 11.5 Å². The van der Waals surface area contributed by atoms with E-state index in [0.717, 1.165) is 10.3 Å². The van der Waals surface area contributed by atoms with E-state index in [-0.39, 0.29) is 22.8 Å². The van der Waals surface area contributed by atoms with E-state index in [1.807, 2.05) is 31.2 Å². The predicted molar refractivity (Wildman–Crippen MR) is 144 cm³/mol. The Balaban J connectivity index is 1.63. The number of aromatic nitrogens is 3. The number of methoxy groups -OCH3 is 1. The van der Waals surface area contributed by atoms with Gasteiger partial charge in [-0.1, -0.05) is 29.5 Å². The normalized spacial score (nSPS) is 17.1. The molecule has 0 bridgehead atoms. The van der Waals surface area contributed by atoms with Crippen molar-refractivity contribution in [2.45, 2.75) is 19.9 Å². The third-order valence-electron chi connectivity index (χ3n) is 6.63. The van der Waals surface area contributed by atoms with Crippen molar-refractivity contribution >= 4 is 49.8 Å². The highest BCUT2D eigenvalue weighted by Crippen LogP contribution is 2.46. The molecule has 4 heterocycles. The zero-order valence-corrected chi connectivity index (χ0v) is 21.5. The minimum Gasteiger partial charge on any atom is -0.505 e. The molecule has 1 aliphatic heterocycles. The number of Topliss-reactive ketones (excluding diaryl/α,β-unsaturated/α-hetero) is 1. The van der Waals surface area contributed by atoms with Crippen LogP contribution in [0, 0.1) is 13.8 Å². The average molecular weight is 527 g/mol. The maximum atomic E-state index is 13.6. The van der Waals surface area contributed by atoms with Crippen molar-refractivity contribution < 1.29 is 24.5 Å². The van der Waals surface area contributed by atoms with Gasteiger partial charge in [0.25, 0.3) is 5.78 Å². The Bertz CT molecular complexity index is 1820. The van der Waals surface area contributed by atoms with Crippen LogP contribution in [0.3, 0.4) is 0 Å². The summed E-state index contributed by atoms with van der Waals surface area (Å²) in [5.41, 5.74) is 3.49. The lowest BCUT2D eigenvalue weighted by Gasteiger charge is -2.23. The van der Waals surface area contributed by atoms with Gasteiger partial charge >= 0.3 is 5.91 Å². The first-order valence-electron chi connectivity index (χ1n) is 11.8. The lowest BCUT2D eigenvalue weighted by molar-refractivity contribution is -0.132. The fraction of sp³-hybridized carbons (Fsp3) is 0.143. The van der Waals surface area contributed by atoms with Gasteiger partial charge in [-0.15, -0.1) is 0 Å². The number of thiazole rings is 1. The van der Waals surface area contributed by atoms with Crippen LogP contribution in [0.1, 0.15) is 28.6 Å². The van der Waals surface area contributed by atoms with Gasteiger partial charge in [-0.05, 0) is 61.4 Å². The SMILES string of the molecule is COc1cc(C2C(=C(O)c3c(C)nc4ccccn34)C(=O)C(=O)N2c2nc3ccc(C)cc3s2)ccc1O. The molecule has 1 fully saturated rings. The highest BCUT2D eigenvalue weighted by atomic mass is 32.1. The van der Waals surface area contributed by atoms with E-state index < -0.39 is 17.7 Å². The third-order valence-corrected chi connectivity index (χ3v) is 7.65. The smallest absolute Gasteiger partial charge is 0.301 e. The highest BCUT2D eigenvalue weighted by Gasteiger charge is 2.49. The summed E-state index contributed by atoms with van der Waals surface area (Å²) in [5, 5.41) is 22.2. The Hall–Kier alpha value is -4.70. The minimum absolute atomic E-state index is 0.0960. The molecule has 190 valence electrons. The molecule has 1 saturated heterocycles. The second-order valence-corrected chi connectivity index (χ2v) is 10.1. The average Bonchev–Trinajstić information content (AvgIpc) is 3.54.